The van der Waals surface area contributed by atoms with Gasteiger partial charge < -0.3 is 10.0 Å². The summed E-state index contributed by atoms with van der Waals surface area (Å²) in [5.74, 6) is -1.96. The molecule has 0 aromatic carbocycles. The minimum absolute atomic E-state index is 0.254. The number of amides is 1. The Hall–Kier alpha value is -2.57. The van der Waals surface area contributed by atoms with Crippen LogP contribution in [0.25, 0.3) is 0 Å². The number of carbonyl (C=O) groups excluding carboxylic acids is 1. The molecular weight excluding hydrogens is 495 g/mol. The summed E-state index contributed by atoms with van der Waals surface area (Å²) in [6, 6.07) is 4.02. The number of carbonyl (C=O) groups is 2. The molecule has 1 spiro atoms. The summed E-state index contributed by atoms with van der Waals surface area (Å²) < 4.78 is 31.7. The summed E-state index contributed by atoms with van der Waals surface area (Å²) >= 11 is 1.71. The number of rotatable bonds is 5. The lowest BCUT2D eigenvalue weighted by Gasteiger charge is -2.53. The van der Waals surface area contributed by atoms with Crippen LogP contribution in [0, 0.1) is 12.8 Å². The molecule has 12 heteroatoms. The van der Waals surface area contributed by atoms with Crippen molar-refractivity contribution in [3.8, 4) is 0 Å². The molecule has 4 heterocycles. The third kappa shape index (κ3) is 6.80. The topological polar surface area (TPSA) is 89.9 Å². The van der Waals surface area contributed by atoms with Crippen molar-refractivity contribution in [3.05, 3.63) is 40.6 Å². The molecule has 2 aromatic heterocycles. The number of halogens is 3. The van der Waals surface area contributed by atoms with Gasteiger partial charge in [-0.25, -0.2) is 9.78 Å². The number of hydrogen-bond acceptors (Lipinski definition) is 7. The number of carboxylic acids is 1. The van der Waals surface area contributed by atoms with Gasteiger partial charge in [-0.2, -0.15) is 13.2 Å². The van der Waals surface area contributed by atoms with Crippen LogP contribution >= 0.6 is 11.3 Å². The molecule has 36 heavy (non-hydrogen) atoms. The monoisotopic (exact) mass is 527 g/mol. The van der Waals surface area contributed by atoms with Gasteiger partial charge in [-0.1, -0.05) is 13.8 Å². The van der Waals surface area contributed by atoms with E-state index in [1.54, 1.807) is 11.3 Å². The van der Waals surface area contributed by atoms with E-state index >= 15 is 0 Å². The van der Waals surface area contributed by atoms with Crippen molar-refractivity contribution in [2.75, 3.05) is 37.6 Å². The molecule has 2 aliphatic heterocycles. The van der Waals surface area contributed by atoms with E-state index in [1.807, 2.05) is 41.7 Å². The number of aromatic nitrogens is 2. The number of hydrogen-bond donors (Lipinski definition) is 1. The molecular formula is C24H32F3N5O3S. The molecule has 1 N–H and O–H groups in total. The number of piperidine rings is 1. The molecule has 1 amide bonds. The minimum Gasteiger partial charge on any atom is -0.475 e. The average molecular weight is 528 g/mol. The second-order valence-electron chi connectivity index (χ2n) is 9.49. The quantitative estimate of drug-likeness (QED) is 0.632. The molecule has 0 radical (unpaired) electrons. The first-order valence-corrected chi connectivity index (χ1v) is 12.7. The van der Waals surface area contributed by atoms with E-state index in [-0.39, 0.29) is 5.91 Å². The Morgan fingerprint density at radius 2 is 1.83 bits per heavy atom. The maximum atomic E-state index is 13.8. The standard InChI is InChI=1S/C22H31N5OS.C2HF3O2/c1-17(2)15-26-11-12-27(19-5-4-18(3)24-14-19)21(28)22(26)6-9-25(10-7-22)16-20-23-8-13-29-20;3-2(4,5)1(6)7/h4-5,8,13-14,17H,6-7,9-12,15-16H2,1-3H3;(H,6,7). The van der Waals surface area contributed by atoms with Crippen LogP contribution in [0.15, 0.2) is 29.9 Å². The molecule has 2 aliphatic rings. The first kappa shape index (κ1) is 28.0. The second-order valence-corrected chi connectivity index (χ2v) is 10.5. The Labute approximate surface area is 212 Å². The zero-order valence-corrected chi connectivity index (χ0v) is 21.5. The van der Waals surface area contributed by atoms with E-state index in [4.69, 9.17) is 9.90 Å². The molecule has 0 unspecified atom stereocenters. The lowest BCUT2D eigenvalue weighted by atomic mass is 9.81. The summed E-state index contributed by atoms with van der Waals surface area (Å²) in [4.78, 5) is 38.5. The highest BCUT2D eigenvalue weighted by Gasteiger charge is 2.51. The summed E-state index contributed by atoms with van der Waals surface area (Å²) in [6.45, 7) is 11.8. The maximum Gasteiger partial charge on any atom is 0.490 e. The van der Waals surface area contributed by atoms with Gasteiger partial charge in [0.2, 0.25) is 5.91 Å². The third-order valence-electron chi connectivity index (χ3n) is 6.40. The van der Waals surface area contributed by atoms with Crippen molar-refractivity contribution >= 4 is 28.9 Å². The average Bonchev–Trinajstić information content (AvgIpc) is 3.32. The number of anilines is 1. The zero-order valence-electron chi connectivity index (χ0n) is 20.7. The number of aliphatic carboxylic acids is 1. The lowest BCUT2D eigenvalue weighted by Crippen LogP contribution is -2.69. The van der Waals surface area contributed by atoms with Crippen LogP contribution in [-0.4, -0.2) is 81.2 Å². The van der Waals surface area contributed by atoms with Gasteiger partial charge >= 0.3 is 12.1 Å². The molecule has 0 saturated carbocycles. The number of piperazine rings is 1. The predicted molar refractivity (Wildman–Crippen MR) is 131 cm³/mol. The fourth-order valence-electron chi connectivity index (χ4n) is 4.63. The molecule has 8 nitrogen and oxygen atoms in total. The van der Waals surface area contributed by atoms with E-state index in [0.29, 0.717) is 5.92 Å². The number of pyridine rings is 1. The van der Waals surface area contributed by atoms with Crippen LogP contribution in [0.5, 0.6) is 0 Å². The van der Waals surface area contributed by atoms with Gasteiger partial charge in [0.1, 0.15) is 10.5 Å². The highest BCUT2D eigenvalue weighted by atomic mass is 32.1. The largest absolute Gasteiger partial charge is 0.490 e. The normalized spacial score (nSPS) is 18.9. The van der Waals surface area contributed by atoms with Crippen molar-refractivity contribution in [1.82, 2.24) is 19.8 Å². The van der Waals surface area contributed by atoms with Gasteiger partial charge in [-0.3, -0.25) is 19.6 Å². The van der Waals surface area contributed by atoms with E-state index in [9.17, 15) is 18.0 Å². The summed E-state index contributed by atoms with van der Waals surface area (Å²) in [5.41, 5.74) is 1.51. The van der Waals surface area contributed by atoms with Gasteiger partial charge in [0.15, 0.2) is 0 Å². The molecule has 2 saturated heterocycles. The van der Waals surface area contributed by atoms with Gasteiger partial charge in [0.05, 0.1) is 18.4 Å². The Morgan fingerprint density at radius 1 is 1.17 bits per heavy atom. The molecule has 198 valence electrons. The summed E-state index contributed by atoms with van der Waals surface area (Å²) in [6.07, 6.45) is 0.379. The maximum absolute atomic E-state index is 13.8. The summed E-state index contributed by atoms with van der Waals surface area (Å²) in [7, 11) is 0. The van der Waals surface area contributed by atoms with Gasteiger partial charge in [-0.15, -0.1) is 11.3 Å². The van der Waals surface area contributed by atoms with E-state index in [0.717, 1.165) is 68.5 Å². The molecule has 4 rings (SSSR count). The number of carboxylic acid groups (broad SMARTS) is 1. The van der Waals surface area contributed by atoms with Crippen molar-refractivity contribution < 1.29 is 27.9 Å². The van der Waals surface area contributed by atoms with Crippen molar-refractivity contribution in [1.29, 1.82) is 0 Å². The number of alkyl halides is 3. The minimum atomic E-state index is -5.08. The molecule has 0 atom stereocenters. The van der Waals surface area contributed by atoms with Crippen LogP contribution < -0.4 is 4.90 Å². The molecule has 2 aromatic rings. The molecule has 0 aliphatic carbocycles. The molecule has 2 fully saturated rings. The second kappa shape index (κ2) is 11.7. The fourth-order valence-corrected chi connectivity index (χ4v) is 5.29. The fraction of sp³-hybridized carbons (Fsp3) is 0.583. The van der Waals surface area contributed by atoms with E-state index < -0.39 is 17.7 Å². The lowest BCUT2D eigenvalue weighted by molar-refractivity contribution is -0.192. The van der Waals surface area contributed by atoms with Crippen LogP contribution in [0.4, 0.5) is 18.9 Å². The van der Waals surface area contributed by atoms with Crippen LogP contribution in [0.3, 0.4) is 0 Å². The summed E-state index contributed by atoms with van der Waals surface area (Å²) in [5, 5.41) is 10.3. The highest BCUT2D eigenvalue weighted by molar-refractivity contribution is 7.09. The first-order chi connectivity index (χ1) is 16.9. The Morgan fingerprint density at radius 3 is 2.33 bits per heavy atom. The van der Waals surface area contributed by atoms with Crippen molar-refractivity contribution in [2.45, 2.75) is 51.9 Å². The zero-order chi connectivity index (χ0) is 26.5. The van der Waals surface area contributed by atoms with Gasteiger partial charge in [0, 0.05) is 50.0 Å². The Bertz CT molecular complexity index is 1010. The molecule has 0 bridgehead atoms. The van der Waals surface area contributed by atoms with Crippen molar-refractivity contribution in [2.24, 2.45) is 5.92 Å². The number of thiazole rings is 1. The third-order valence-corrected chi connectivity index (χ3v) is 7.17. The Kier molecular flexibility index (Phi) is 9.07. The first-order valence-electron chi connectivity index (χ1n) is 11.8. The Balaban J connectivity index is 0.000000454. The predicted octanol–water partition coefficient (Wildman–Crippen LogP) is 3.82. The number of aryl methyl sites for hydroxylation is 1. The van der Waals surface area contributed by atoms with Gasteiger partial charge in [0.25, 0.3) is 0 Å². The van der Waals surface area contributed by atoms with Crippen LogP contribution in [0.1, 0.15) is 37.4 Å². The van der Waals surface area contributed by atoms with Crippen LogP contribution in [-0.2, 0) is 16.1 Å². The smallest absolute Gasteiger partial charge is 0.475 e. The number of nitrogens with zero attached hydrogens (tertiary/aromatic N) is 5. The number of likely N-dealkylation sites (tertiary alicyclic amines) is 1. The van der Waals surface area contributed by atoms with Gasteiger partial charge in [-0.05, 0) is 37.8 Å². The highest BCUT2D eigenvalue weighted by Crippen LogP contribution is 2.36. The van der Waals surface area contributed by atoms with Crippen molar-refractivity contribution in [3.63, 3.8) is 0 Å². The van der Waals surface area contributed by atoms with E-state index in [1.165, 1.54) is 0 Å². The SMILES string of the molecule is Cc1ccc(N2CCN(CC(C)C)C3(CCN(Cc4nccs4)CC3)C2=O)cn1.O=C(O)C(F)(F)F. The van der Waals surface area contributed by atoms with E-state index in [2.05, 4.69) is 33.6 Å². The van der Waals surface area contributed by atoms with Crippen LogP contribution in [0.2, 0.25) is 0 Å².